The molecule has 1 rings (SSSR count). The van der Waals surface area contributed by atoms with Gasteiger partial charge in [0.25, 0.3) is 0 Å². The Kier molecular flexibility index (Phi) is 7.61. The molecule has 8 nitrogen and oxygen atoms in total. The molecular formula is C16H20O8. The SMILES string of the molecule is CC(C)C(C)C.O=C(O)c1cc(C(=O)O)c(C(=O)O)cc1C(=O)O. The first-order chi connectivity index (χ1) is 10.9. The number of hydrogen-bond donors (Lipinski definition) is 4. The van der Waals surface area contributed by atoms with E-state index in [1.165, 1.54) is 0 Å². The van der Waals surface area contributed by atoms with Crippen molar-refractivity contribution >= 4 is 23.9 Å². The molecule has 0 heterocycles. The summed E-state index contributed by atoms with van der Waals surface area (Å²) >= 11 is 0. The Balaban J connectivity index is 0.000000754. The molecule has 0 spiro atoms. The fourth-order valence-corrected chi connectivity index (χ4v) is 1.31. The topological polar surface area (TPSA) is 149 Å². The number of carbonyl (C=O) groups is 4. The van der Waals surface area contributed by atoms with Crippen LogP contribution in [0, 0.1) is 11.8 Å². The lowest BCUT2D eigenvalue weighted by Crippen LogP contribution is -2.15. The van der Waals surface area contributed by atoms with Gasteiger partial charge in [-0.25, -0.2) is 19.2 Å². The van der Waals surface area contributed by atoms with E-state index in [0.717, 1.165) is 11.8 Å². The van der Waals surface area contributed by atoms with E-state index in [4.69, 9.17) is 20.4 Å². The van der Waals surface area contributed by atoms with Crippen molar-refractivity contribution in [2.45, 2.75) is 27.7 Å². The van der Waals surface area contributed by atoms with E-state index < -0.39 is 46.1 Å². The monoisotopic (exact) mass is 340 g/mol. The van der Waals surface area contributed by atoms with Gasteiger partial charge in [0.1, 0.15) is 0 Å². The predicted octanol–water partition coefficient (Wildman–Crippen LogP) is 2.78. The average molecular weight is 340 g/mol. The molecule has 0 atom stereocenters. The van der Waals surface area contributed by atoms with Gasteiger partial charge in [-0.3, -0.25) is 0 Å². The Bertz CT molecular complexity index is 554. The van der Waals surface area contributed by atoms with E-state index >= 15 is 0 Å². The summed E-state index contributed by atoms with van der Waals surface area (Å²) in [5, 5.41) is 35.0. The third-order valence-electron chi connectivity index (χ3n) is 3.41. The average Bonchev–Trinajstić information content (AvgIpc) is 2.45. The zero-order valence-corrected chi connectivity index (χ0v) is 13.7. The fraction of sp³-hybridized carbons (Fsp3) is 0.375. The number of carboxylic acids is 4. The highest BCUT2D eigenvalue weighted by molar-refractivity contribution is 6.09. The van der Waals surface area contributed by atoms with Crippen LogP contribution in [-0.2, 0) is 0 Å². The third kappa shape index (κ3) is 5.71. The second-order valence-corrected chi connectivity index (χ2v) is 5.65. The van der Waals surface area contributed by atoms with Crippen LogP contribution in [0.3, 0.4) is 0 Å². The zero-order valence-electron chi connectivity index (χ0n) is 13.7. The van der Waals surface area contributed by atoms with Gasteiger partial charge in [-0.05, 0) is 24.0 Å². The number of aromatic carboxylic acids is 4. The van der Waals surface area contributed by atoms with Crippen molar-refractivity contribution < 1.29 is 39.6 Å². The summed E-state index contributed by atoms with van der Waals surface area (Å²) in [5.74, 6) is -4.94. The van der Waals surface area contributed by atoms with Gasteiger partial charge >= 0.3 is 23.9 Å². The highest BCUT2D eigenvalue weighted by Gasteiger charge is 2.24. The van der Waals surface area contributed by atoms with E-state index in [9.17, 15) is 19.2 Å². The molecule has 1 aromatic carbocycles. The number of benzene rings is 1. The van der Waals surface area contributed by atoms with Gasteiger partial charge in [0.05, 0.1) is 22.3 Å². The normalized spacial score (nSPS) is 10.1. The van der Waals surface area contributed by atoms with Crippen LogP contribution in [0.5, 0.6) is 0 Å². The highest BCUT2D eigenvalue weighted by atomic mass is 16.4. The van der Waals surface area contributed by atoms with E-state index in [1.54, 1.807) is 0 Å². The predicted molar refractivity (Wildman–Crippen MR) is 84.0 cm³/mol. The third-order valence-corrected chi connectivity index (χ3v) is 3.41. The summed E-state index contributed by atoms with van der Waals surface area (Å²) < 4.78 is 0. The van der Waals surface area contributed by atoms with Gasteiger partial charge in [0.15, 0.2) is 0 Å². The van der Waals surface area contributed by atoms with Crippen LogP contribution in [0.1, 0.15) is 69.1 Å². The quantitative estimate of drug-likeness (QED) is 0.639. The second kappa shape index (κ2) is 8.66. The van der Waals surface area contributed by atoms with Crippen LogP contribution in [0.25, 0.3) is 0 Å². The van der Waals surface area contributed by atoms with Crippen molar-refractivity contribution in [3.8, 4) is 0 Å². The molecule has 0 aliphatic carbocycles. The molecule has 0 saturated carbocycles. The van der Waals surface area contributed by atoms with Crippen LogP contribution in [0.2, 0.25) is 0 Å². The van der Waals surface area contributed by atoms with Gasteiger partial charge in [-0.2, -0.15) is 0 Å². The first-order valence-electron chi connectivity index (χ1n) is 7.01. The Morgan fingerprint density at radius 1 is 0.583 bits per heavy atom. The number of carboxylic acid groups (broad SMARTS) is 4. The van der Waals surface area contributed by atoms with Crippen molar-refractivity contribution in [1.82, 2.24) is 0 Å². The Hall–Kier alpha value is -2.90. The maximum Gasteiger partial charge on any atom is 0.336 e. The van der Waals surface area contributed by atoms with E-state index in [0.29, 0.717) is 12.1 Å². The standard InChI is InChI=1S/C10H6O8.C6H14/c11-7(12)3-1-4(8(13)14)6(10(17)18)2-5(3)9(15)16;1-5(2)6(3)4/h1-2H,(H,11,12)(H,13,14)(H,15,16)(H,17,18);5-6H,1-4H3. The molecule has 8 heteroatoms. The fourth-order valence-electron chi connectivity index (χ4n) is 1.31. The molecule has 1 aromatic rings. The molecule has 0 bridgehead atoms. The van der Waals surface area contributed by atoms with Crippen LogP contribution in [0.4, 0.5) is 0 Å². The molecule has 4 N–H and O–H groups in total. The molecule has 0 aromatic heterocycles. The lowest BCUT2D eigenvalue weighted by Gasteiger charge is -2.06. The summed E-state index contributed by atoms with van der Waals surface area (Å²) in [6, 6.07) is 1.02. The maximum atomic E-state index is 10.8. The first kappa shape index (κ1) is 21.1. The maximum absolute atomic E-state index is 10.8. The number of rotatable bonds is 5. The lowest BCUT2D eigenvalue weighted by atomic mass is 9.98. The molecule has 24 heavy (non-hydrogen) atoms. The smallest absolute Gasteiger partial charge is 0.336 e. The van der Waals surface area contributed by atoms with Gasteiger partial charge < -0.3 is 20.4 Å². The molecule has 0 aliphatic heterocycles. The summed E-state index contributed by atoms with van der Waals surface area (Å²) in [6.45, 7) is 8.96. The van der Waals surface area contributed by atoms with Crippen molar-refractivity contribution in [3.63, 3.8) is 0 Å². The van der Waals surface area contributed by atoms with E-state index in [1.807, 2.05) is 0 Å². The zero-order chi connectivity index (χ0) is 19.2. The Morgan fingerprint density at radius 3 is 0.833 bits per heavy atom. The number of hydrogen-bond acceptors (Lipinski definition) is 4. The van der Waals surface area contributed by atoms with Crippen LogP contribution in [0.15, 0.2) is 12.1 Å². The summed E-state index contributed by atoms with van der Waals surface area (Å²) in [4.78, 5) is 43.1. The first-order valence-corrected chi connectivity index (χ1v) is 7.01. The van der Waals surface area contributed by atoms with Gasteiger partial charge in [-0.1, -0.05) is 27.7 Å². The van der Waals surface area contributed by atoms with Crippen LogP contribution in [-0.4, -0.2) is 44.3 Å². The minimum atomic E-state index is -1.66. The summed E-state index contributed by atoms with van der Waals surface area (Å²) in [7, 11) is 0. The molecule has 0 radical (unpaired) electrons. The van der Waals surface area contributed by atoms with Crippen molar-refractivity contribution in [2.75, 3.05) is 0 Å². The van der Waals surface area contributed by atoms with Crippen molar-refractivity contribution in [1.29, 1.82) is 0 Å². The molecule has 0 unspecified atom stereocenters. The molecule has 132 valence electrons. The summed E-state index contributed by atoms with van der Waals surface area (Å²) in [5.41, 5.74) is -3.15. The highest BCUT2D eigenvalue weighted by Crippen LogP contribution is 2.18. The molecule has 0 amide bonds. The summed E-state index contributed by atoms with van der Waals surface area (Å²) in [6.07, 6.45) is 0. The lowest BCUT2D eigenvalue weighted by molar-refractivity contribution is 0.0637. The molecule has 0 saturated heterocycles. The van der Waals surface area contributed by atoms with Crippen LogP contribution < -0.4 is 0 Å². The molecule has 0 fully saturated rings. The van der Waals surface area contributed by atoms with Crippen molar-refractivity contribution in [2.24, 2.45) is 11.8 Å². The Morgan fingerprint density at radius 2 is 0.750 bits per heavy atom. The Labute approximate surface area is 138 Å². The van der Waals surface area contributed by atoms with Gasteiger partial charge in [0.2, 0.25) is 0 Å². The van der Waals surface area contributed by atoms with E-state index in [2.05, 4.69) is 27.7 Å². The van der Waals surface area contributed by atoms with E-state index in [-0.39, 0.29) is 0 Å². The largest absolute Gasteiger partial charge is 0.478 e. The molecule has 0 aliphatic rings. The molecular weight excluding hydrogens is 320 g/mol. The van der Waals surface area contributed by atoms with Gasteiger partial charge in [-0.15, -0.1) is 0 Å². The van der Waals surface area contributed by atoms with Crippen LogP contribution >= 0.6 is 0 Å². The second-order valence-electron chi connectivity index (χ2n) is 5.65. The minimum absolute atomic E-state index is 0.511. The van der Waals surface area contributed by atoms with Gasteiger partial charge in [0, 0.05) is 0 Å². The minimum Gasteiger partial charge on any atom is -0.478 e. The van der Waals surface area contributed by atoms with Crippen molar-refractivity contribution in [3.05, 3.63) is 34.4 Å².